The molecule has 1 amide bonds. The summed E-state index contributed by atoms with van der Waals surface area (Å²) in [5.41, 5.74) is 1.58. The largest absolute Gasteiger partial charge is 0.465 e. The zero-order valence-electron chi connectivity index (χ0n) is 14.1. The summed E-state index contributed by atoms with van der Waals surface area (Å²) in [5, 5.41) is 13.7. The van der Waals surface area contributed by atoms with Crippen molar-refractivity contribution in [1.29, 1.82) is 0 Å². The van der Waals surface area contributed by atoms with Gasteiger partial charge in [0, 0.05) is 23.7 Å². The van der Waals surface area contributed by atoms with Crippen molar-refractivity contribution >= 4 is 23.1 Å². The van der Waals surface area contributed by atoms with E-state index in [1.165, 1.54) is 22.3 Å². The molecule has 1 unspecified atom stereocenters. The van der Waals surface area contributed by atoms with Crippen molar-refractivity contribution in [2.75, 3.05) is 11.9 Å². The topological polar surface area (TPSA) is 43.8 Å². The van der Waals surface area contributed by atoms with Gasteiger partial charge in [-0.15, -0.1) is 0 Å². The number of carbonyl (C=O) groups is 1. The van der Waals surface area contributed by atoms with E-state index in [0.717, 1.165) is 31.2 Å². The molecule has 132 valence electrons. The van der Waals surface area contributed by atoms with Crippen LogP contribution < -0.4 is 4.90 Å². The maximum atomic E-state index is 14.6. The molecule has 1 aromatic carbocycles. The lowest BCUT2D eigenvalue weighted by molar-refractivity contribution is 0.151. The van der Waals surface area contributed by atoms with Crippen molar-refractivity contribution in [2.45, 2.75) is 43.8 Å². The maximum absolute atomic E-state index is 14.6. The molecule has 0 saturated carbocycles. The number of rotatable bonds is 3. The van der Waals surface area contributed by atoms with Gasteiger partial charge in [-0.25, -0.2) is 9.18 Å². The first-order valence-corrected chi connectivity index (χ1v) is 9.55. The van der Waals surface area contributed by atoms with Crippen molar-refractivity contribution in [2.24, 2.45) is 0 Å². The van der Waals surface area contributed by atoms with Crippen molar-refractivity contribution in [1.82, 2.24) is 4.90 Å². The molecule has 2 bridgehead atoms. The fourth-order valence-electron chi connectivity index (χ4n) is 4.46. The van der Waals surface area contributed by atoms with Crippen LogP contribution in [0.4, 0.5) is 14.9 Å². The van der Waals surface area contributed by atoms with Gasteiger partial charge in [-0.1, -0.05) is 6.07 Å². The summed E-state index contributed by atoms with van der Waals surface area (Å²) in [5.74, 6) is -0.377. The Morgan fingerprint density at radius 2 is 2.00 bits per heavy atom. The SMILES string of the molecule is CN1[C@@H]2CC[C@H]1CC(N(C(=O)O)c1cccc(F)c1-c1ccsc1)C2. The summed E-state index contributed by atoms with van der Waals surface area (Å²) in [6, 6.07) is 7.29. The van der Waals surface area contributed by atoms with Gasteiger partial charge in [0.05, 0.1) is 5.69 Å². The average Bonchev–Trinajstić information content (AvgIpc) is 3.14. The second-order valence-corrected chi connectivity index (χ2v) is 7.75. The number of fused-ring (bicyclic) bond motifs is 2. The van der Waals surface area contributed by atoms with Crippen LogP contribution in [-0.4, -0.2) is 41.3 Å². The summed E-state index contributed by atoms with van der Waals surface area (Å²) >= 11 is 1.48. The van der Waals surface area contributed by atoms with E-state index in [1.807, 2.05) is 16.8 Å². The Morgan fingerprint density at radius 1 is 1.28 bits per heavy atom. The Balaban J connectivity index is 1.76. The molecule has 2 aliphatic heterocycles. The number of amides is 1. The molecule has 3 atom stereocenters. The fourth-order valence-corrected chi connectivity index (χ4v) is 5.10. The number of anilines is 1. The van der Waals surface area contributed by atoms with Crippen LogP contribution in [0.5, 0.6) is 0 Å². The van der Waals surface area contributed by atoms with E-state index in [0.29, 0.717) is 23.3 Å². The number of piperidine rings is 1. The molecule has 2 saturated heterocycles. The molecule has 3 heterocycles. The third-order valence-electron chi connectivity index (χ3n) is 5.71. The van der Waals surface area contributed by atoms with E-state index in [2.05, 4.69) is 11.9 Å². The molecule has 2 aliphatic rings. The van der Waals surface area contributed by atoms with Crippen molar-refractivity contribution in [3.05, 3.63) is 40.8 Å². The number of thiophene rings is 1. The molecule has 0 aliphatic carbocycles. The summed E-state index contributed by atoms with van der Waals surface area (Å²) in [6.07, 6.45) is 2.84. The second kappa shape index (κ2) is 6.42. The van der Waals surface area contributed by atoms with Gasteiger partial charge in [-0.2, -0.15) is 11.3 Å². The van der Waals surface area contributed by atoms with Crippen LogP contribution in [-0.2, 0) is 0 Å². The third-order valence-corrected chi connectivity index (χ3v) is 6.39. The standard InChI is InChI=1S/C19H21FN2O2S/c1-21-13-5-6-14(21)10-15(9-13)22(19(23)24)17-4-2-3-16(20)18(17)12-7-8-25-11-12/h2-4,7-8,11,13-15H,5-6,9-10H2,1H3,(H,23,24)/t13-,14+,15?. The molecule has 0 radical (unpaired) electrons. The van der Waals surface area contributed by atoms with Crippen molar-refractivity contribution < 1.29 is 14.3 Å². The van der Waals surface area contributed by atoms with Crippen LogP contribution in [0.1, 0.15) is 25.7 Å². The molecule has 1 aromatic heterocycles. The number of halogens is 1. The predicted molar refractivity (Wildman–Crippen MR) is 97.8 cm³/mol. The molecule has 6 heteroatoms. The number of hydrogen-bond donors (Lipinski definition) is 1. The Labute approximate surface area is 150 Å². The van der Waals surface area contributed by atoms with Crippen LogP contribution in [0, 0.1) is 5.82 Å². The predicted octanol–water partition coefficient (Wildman–Crippen LogP) is 4.66. The summed E-state index contributed by atoms with van der Waals surface area (Å²) in [6.45, 7) is 0. The van der Waals surface area contributed by atoms with E-state index in [1.54, 1.807) is 12.1 Å². The van der Waals surface area contributed by atoms with E-state index in [-0.39, 0.29) is 11.9 Å². The van der Waals surface area contributed by atoms with Crippen LogP contribution in [0.15, 0.2) is 35.0 Å². The molecule has 2 fully saturated rings. The van der Waals surface area contributed by atoms with Gasteiger partial charge < -0.3 is 10.0 Å². The average molecular weight is 360 g/mol. The minimum atomic E-state index is -1.00. The lowest BCUT2D eigenvalue weighted by Crippen LogP contribution is -2.51. The molecule has 4 nitrogen and oxygen atoms in total. The van der Waals surface area contributed by atoms with Crippen LogP contribution >= 0.6 is 11.3 Å². The van der Waals surface area contributed by atoms with Gasteiger partial charge in [0.1, 0.15) is 5.82 Å². The van der Waals surface area contributed by atoms with Crippen LogP contribution in [0.2, 0.25) is 0 Å². The highest BCUT2D eigenvalue weighted by Crippen LogP contribution is 2.41. The highest BCUT2D eigenvalue weighted by molar-refractivity contribution is 7.08. The lowest BCUT2D eigenvalue weighted by Gasteiger charge is -2.41. The maximum Gasteiger partial charge on any atom is 0.412 e. The number of nitrogens with zero attached hydrogens (tertiary/aromatic N) is 2. The first kappa shape index (κ1) is 16.5. The first-order chi connectivity index (χ1) is 12.1. The number of benzene rings is 1. The number of hydrogen-bond acceptors (Lipinski definition) is 3. The highest BCUT2D eigenvalue weighted by Gasteiger charge is 2.42. The van der Waals surface area contributed by atoms with Gasteiger partial charge in [0.15, 0.2) is 0 Å². The molecular weight excluding hydrogens is 339 g/mol. The van der Waals surface area contributed by atoms with E-state index in [4.69, 9.17) is 0 Å². The van der Waals surface area contributed by atoms with Gasteiger partial charge in [0.2, 0.25) is 0 Å². The highest BCUT2D eigenvalue weighted by atomic mass is 32.1. The van der Waals surface area contributed by atoms with Crippen LogP contribution in [0.25, 0.3) is 11.1 Å². The first-order valence-electron chi connectivity index (χ1n) is 8.61. The normalized spacial score (nSPS) is 25.9. The van der Waals surface area contributed by atoms with Gasteiger partial charge >= 0.3 is 6.09 Å². The van der Waals surface area contributed by atoms with Gasteiger partial charge in [-0.3, -0.25) is 4.90 Å². The van der Waals surface area contributed by atoms with Crippen molar-refractivity contribution in [3.8, 4) is 11.1 Å². The number of carboxylic acid groups (broad SMARTS) is 1. The van der Waals surface area contributed by atoms with Gasteiger partial charge in [-0.05, 0) is 67.3 Å². The zero-order valence-corrected chi connectivity index (χ0v) is 14.9. The Kier molecular flexibility index (Phi) is 4.25. The molecule has 4 rings (SSSR count). The Bertz CT molecular complexity index is 766. The fraction of sp³-hybridized carbons (Fsp3) is 0.421. The Hall–Kier alpha value is -1.92. The lowest BCUT2D eigenvalue weighted by atomic mass is 9.95. The minimum absolute atomic E-state index is 0.106. The molecular formula is C19H21FN2O2S. The quantitative estimate of drug-likeness (QED) is 0.865. The van der Waals surface area contributed by atoms with E-state index in [9.17, 15) is 14.3 Å². The van der Waals surface area contributed by atoms with E-state index >= 15 is 0 Å². The third kappa shape index (κ3) is 2.83. The molecule has 1 N–H and O–H groups in total. The van der Waals surface area contributed by atoms with Crippen molar-refractivity contribution in [3.63, 3.8) is 0 Å². The second-order valence-electron chi connectivity index (χ2n) is 6.97. The zero-order chi connectivity index (χ0) is 17.6. The summed E-state index contributed by atoms with van der Waals surface area (Å²) in [7, 11) is 2.13. The minimum Gasteiger partial charge on any atom is -0.465 e. The smallest absolute Gasteiger partial charge is 0.412 e. The Morgan fingerprint density at radius 3 is 2.60 bits per heavy atom. The van der Waals surface area contributed by atoms with E-state index < -0.39 is 6.09 Å². The molecule has 2 aromatic rings. The molecule has 25 heavy (non-hydrogen) atoms. The van der Waals surface area contributed by atoms with Crippen LogP contribution in [0.3, 0.4) is 0 Å². The van der Waals surface area contributed by atoms with Gasteiger partial charge in [0.25, 0.3) is 0 Å². The molecule has 0 spiro atoms. The summed E-state index contributed by atoms with van der Waals surface area (Å²) < 4.78 is 14.6. The monoisotopic (exact) mass is 360 g/mol. The summed E-state index contributed by atoms with van der Waals surface area (Å²) in [4.78, 5) is 15.9.